The number of aryl methyl sites for hydroxylation is 4. The maximum absolute atomic E-state index is 15.1. The number of rotatable bonds is 9. The number of benzene rings is 3. The Morgan fingerprint density at radius 1 is 0.743 bits per heavy atom. The number of methoxy groups -OCH3 is 1. The molecule has 0 aliphatic carbocycles. The normalized spacial score (nSPS) is 11.8. The van der Waals surface area contributed by atoms with Gasteiger partial charge in [-0.3, -0.25) is 0 Å². The molecule has 7 heteroatoms. The predicted octanol–water partition coefficient (Wildman–Crippen LogP) is 6.55. The highest BCUT2D eigenvalue weighted by Crippen LogP contribution is 2.29. The first kappa shape index (κ1) is 24.8. The number of halogens is 4. The highest BCUT2D eigenvalue weighted by molar-refractivity contribution is 5.84. The molecule has 0 spiro atoms. The Morgan fingerprint density at radius 2 is 1.43 bits per heavy atom. The van der Waals surface area contributed by atoms with Gasteiger partial charge in [0.25, 0.3) is 0 Å². The fourth-order valence-corrected chi connectivity index (χ4v) is 3.99. The minimum atomic E-state index is -4.36. The summed E-state index contributed by atoms with van der Waals surface area (Å²) in [6.07, 6.45) is 2.36. The first-order valence-corrected chi connectivity index (χ1v) is 11.5. The largest absolute Gasteiger partial charge is 0.416 e. The average molecular weight is 483 g/mol. The Kier molecular flexibility index (Phi) is 7.76. The smallest absolute Gasteiger partial charge is 0.384 e. The number of fused-ring (bicyclic) bond motifs is 1. The lowest BCUT2D eigenvalue weighted by molar-refractivity contribution is -0.137. The lowest BCUT2D eigenvalue weighted by atomic mass is 9.98. The van der Waals surface area contributed by atoms with Gasteiger partial charge in [0.15, 0.2) is 0 Å². The number of hydrogen-bond donors (Lipinski definition) is 0. The van der Waals surface area contributed by atoms with Gasteiger partial charge in [-0.1, -0.05) is 42.5 Å². The molecule has 182 valence electrons. The van der Waals surface area contributed by atoms with Gasteiger partial charge in [-0.15, -0.1) is 0 Å². The van der Waals surface area contributed by atoms with Crippen LogP contribution >= 0.6 is 0 Å². The summed E-state index contributed by atoms with van der Waals surface area (Å²) < 4.78 is 58.4. The Morgan fingerprint density at radius 3 is 2.11 bits per heavy atom. The average Bonchev–Trinajstić information content (AvgIpc) is 2.86. The minimum absolute atomic E-state index is 0.282. The van der Waals surface area contributed by atoms with E-state index in [2.05, 4.69) is 9.97 Å². The van der Waals surface area contributed by atoms with Gasteiger partial charge < -0.3 is 4.74 Å². The second kappa shape index (κ2) is 11.0. The number of aromatic nitrogens is 2. The van der Waals surface area contributed by atoms with E-state index in [1.807, 2.05) is 30.6 Å². The van der Waals surface area contributed by atoms with Gasteiger partial charge in [-0.05, 0) is 65.5 Å². The van der Waals surface area contributed by atoms with Crippen molar-refractivity contribution in [1.29, 1.82) is 0 Å². The van der Waals surface area contributed by atoms with E-state index in [0.29, 0.717) is 36.8 Å². The Balaban J connectivity index is 1.39. The van der Waals surface area contributed by atoms with Crippen LogP contribution < -0.4 is 0 Å². The number of alkyl halides is 3. The standard InChI is InChI=1S/C28H26F4N2O/c1-35-15-14-21-17-33-26(34-18-21)13-6-20-5-12-25-23(16-20)9-8-22(27(25)29)7-2-19-3-10-24(11-4-19)28(30,31)32/h3-5,8-12,16-18H,2,6-7,13-15H2,1H3. The lowest BCUT2D eigenvalue weighted by Gasteiger charge is -2.10. The molecule has 0 atom stereocenters. The molecule has 4 aromatic rings. The Bertz CT molecular complexity index is 1270. The monoisotopic (exact) mass is 482 g/mol. The fourth-order valence-electron chi connectivity index (χ4n) is 3.99. The van der Waals surface area contributed by atoms with Crippen LogP contribution in [0.1, 0.15) is 33.6 Å². The van der Waals surface area contributed by atoms with Gasteiger partial charge in [-0.2, -0.15) is 13.2 Å². The number of ether oxygens (including phenoxy) is 1. The maximum atomic E-state index is 15.1. The van der Waals surface area contributed by atoms with Crippen molar-refractivity contribution in [3.05, 3.63) is 106 Å². The summed E-state index contributed by atoms with van der Waals surface area (Å²) in [6, 6.07) is 14.4. The molecule has 0 radical (unpaired) electrons. The molecule has 0 N–H and O–H groups in total. The molecule has 0 bridgehead atoms. The second-order valence-corrected chi connectivity index (χ2v) is 8.54. The molecule has 0 aliphatic rings. The first-order chi connectivity index (χ1) is 16.8. The van der Waals surface area contributed by atoms with Gasteiger partial charge in [0.1, 0.15) is 11.6 Å². The third-order valence-corrected chi connectivity index (χ3v) is 6.05. The van der Waals surface area contributed by atoms with Crippen molar-refractivity contribution in [2.45, 2.75) is 38.3 Å². The van der Waals surface area contributed by atoms with Crippen LogP contribution in [0.3, 0.4) is 0 Å². The molecule has 35 heavy (non-hydrogen) atoms. The van der Waals surface area contributed by atoms with Gasteiger partial charge >= 0.3 is 6.18 Å². The molecule has 0 saturated heterocycles. The molecule has 1 heterocycles. The van der Waals surface area contributed by atoms with Crippen LogP contribution in [0, 0.1) is 5.82 Å². The van der Waals surface area contributed by atoms with Crippen LogP contribution in [0.25, 0.3) is 10.8 Å². The summed E-state index contributed by atoms with van der Waals surface area (Å²) in [7, 11) is 1.66. The van der Waals surface area contributed by atoms with E-state index in [0.717, 1.165) is 52.9 Å². The Labute approximate surface area is 201 Å². The van der Waals surface area contributed by atoms with Crippen molar-refractivity contribution >= 4 is 10.8 Å². The number of nitrogens with zero attached hydrogens (tertiary/aromatic N) is 2. The molecular weight excluding hydrogens is 456 g/mol. The zero-order valence-electron chi connectivity index (χ0n) is 19.4. The molecule has 0 amide bonds. The lowest BCUT2D eigenvalue weighted by Crippen LogP contribution is -2.04. The zero-order chi connectivity index (χ0) is 24.8. The number of hydrogen-bond acceptors (Lipinski definition) is 3. The molecule has 0 fully saturated rings. The van der Waals surface area contributed by atoms with Crippen LogP contribution in [0.2, 0.25) is 0 Å². The summed E-state index contributed by atoms with van der Waals surface area (Å²) in [5, 5.41) is 1.35. The molecular formula is C28H26F4N2O. The third-order valence-electron chi connectivity index (χ3n) is 6.05. The van der Waals surface area contributed by atoms with Gasteiger partial charge in [0.05, 0.1) is 12.2 Å². The van der Waals surface area contributed by atoms with Crippen molar-refractivity contribution in [3.8, 4) is 0 Å². The summed E-state index contributed by atoms with van der Waals surface area (Å²) >= 11 is 0. The molecule has 1 aromatic heterocycles. The minimum Gasteiger partial charge on any atom is -0.384 e. The van der Waals surface area contributed by atoms with Gasteiger partial charge in [-0.25, -0.2) is 14.4 Å². The van der Waals surface area contributed by atoms with Crippen LogP contribution in [0.4, 0.5) is 17.6 Å². The summed E-state index contributed by atoms with van der Waals surface area (Å²) in [5.41, 5.74) is 2.71. The van der Waals surface area contributed by atoms with E-state index in [9.17, 15) is 13.2 Å². The molecule has 4 rings (SSSR count). The van der Waals surface area contributed by atoms with Crippen molar-refractivity contribution in [1.82, 2.24) is 9.97 Å². The van der Waals surface area contributed by atoms with E-state index in [-0.39, 0.29) is 5.82 Å². The van der Waals surface area contributed by atoms with Crippen molar-refractivity contribution in [2.24, 2.45) is 0 Å². The maximum Gasteiger partial charge on any atom is 0.416 e. The van der Waals surface area contributed by atoms with Crippen molar-refractivity contribution in [3.63, 3.8) is 0 Å². The summed E-state index contributed by atoms with van der Waals surface area (Å²) in [4.78, 5) is 8.83. The fraction of sp³-hybridized carbons (Fsp3) is 0.286. The van der Waals surface area contributed by atoms with Crippen LogP contribution in [-0.2, 0) is 43.0 Å². The third kappa shape index (κ3) is 6.42. The van der Waals surface area contributed by atoms with Crippen LogP contribution in [-0.4, -0.2) is 23.7 Å². The van der Waals surface area contributed by atoms with E-state index >= 15 is 4.39 Å². The first-order valence-electron chi connectivity index (χ1n) is 11.5. The van der Waals surface area contributed by atoms with Crippen molar-refractivity contribution in [2.75, 3.05) is 13.7 Å². The SMILES string of the molecule is COCCc1cnc(CCc2ccc3c(F)c(CCc4ccc(C(F)(F)F)cc4)ccc3c2)nc1. The summed E-state index contributed by atoms with van der Waals surface area (Å²) in [5.74, 6) is 0.479. The van der Waals surface area contributed by atoms with Crippen molar-refractivity contribution < 1.29 is 22.3 Å². The Hall–Kier alpha value is -3.32. The molecule has 0 saturated carbocycles. The molecule has 3 nitrogen and oxygen atoms in total. The molecule has 3 aromatic carbocycles. The van der Waals surface area contributed by atoms with Gasteiger partial charge in [0, 0.05) is 31.3 Å². The second-order valence-electron chi connectivity index (χ2n) is 8.54. The van der Waals surface area contributed by atoms with Crippen LogP contribution in [0.15, 0.2) is 67.0 Å². The quantitative estimate of drug-likeness (QED) is 0.254. The van der Waals surface area contributed by atoms with Gasteiger partial charge in [0.2, 0.25) is 0 Å². The zero-order valence-corrected chi connectivity index (χ0v) is 19.4. The molecule has 0 aliphatic heterocycles. The van der Waals surface area contributed by atoms with E-state index in [4.69, 9.17) is 4.74 Å². The predicted molar refractivity (Wildman–Crippen MR) is 128 cm³/mol. The highest BCUT2D eigenvalue weighted by atomic mass is 19.4. The molecule has 0 unspecified atom stereocenters. The summed E-state index contributed by atoms with van der Waals surface area (Å²) in [6.45, 7) is 0.632. The highest BCUT2D eigenvalue weighted by Gasteiger charge is 2.29. The topological polar surface area (TPSA) is 35.0 Å². The van der Waals surface area contributed by atoms with E-state index in [1.165, 1.54) is 12.1 Å². The van der Waals surface area contributed by atoms with Crippen LogP contribution in [0.5, 0.6) is 0 Å². The van der Waals surface area contributed by atoms with E-state index in [1.54, 1.807) is 19.2 Å². The van der Waals surface area contributed by atoms with E-state index < -0.39 is 11.7 Å².